The number of carbonyl (C=O) groups excluding carboxylic acids is 1. The second kappa shape index (κ2) is 5.88. The normalized spacial score (nSPS) is 16.3. The van der Waals surface area contributed by atoms with Gasteiger partial charge >= 0.3 is 0 Å². The first kappa shape index (κ1) is 15.3. The van der Waals surface area contributed by atoms with E-state index in [1.807, 2.05) is 0 Å². The lowest BCUT2D eigenvalue weighted by Gasteiger charge is -2.17. The lowest BCUT2D eigenvalue weighted by atomic mass is 10.2. The number of carbonyl (C=O) groups is 1. The van der Waals surface area contributed by atoms with Gasteiger partial charge in [0.1, 0.15) is 0 Å². The fraction of sp³-hybridized carbons (Fsp3) is 0.200. The van der Waals surface area contributed by atoms with Crippen molar-refractivity contribution in [2.45, 2.75) is 6.42 Å². The number of rotatable bonds is 3. The third-order valence-electron chi connectivity index (χ3n) is 3.54. The number of nitrogens with zero attached hydrogens (tertiary/aromatic N) is 2. The van der Waals surface area contributed by atoms with Crippen molar-refractivity contribution in [3.63, 3.8) is 0 Å². The van der Waals surface area contributed by atoms with Crippen LogP contribution in [0.1, 0.15) is 16.8 Å². The van der Waals surface area contributed by atoms with Gasteiger partial charge in [0, 0.05) is 18.3 Å². The van der Waals surface area contributed by atoms with Gasteiger partial charge in [-0.2, -0.15) is 0 Å². The van der Waals surface area contributed by atoms with Gasteiger partial charge in [0.05, 0.1) is 11.4 Å². The molecule has 2 aromatic rings. The molecule has 0 aliphatic carbocycles. The van der Waals surface area contributed by atoms with Crippen molar-refractivity contribution < 1.29 is 18.3 Å². The number of sulfonamides is 1. The monoisotopic (exact) mass is 333 g/mol. The van der Waals surface area contributed by atoms with Crippen LogP contribution < -0.4 is 9.62 Å². The van der Waals surface area contributed by atoms with Crippen molar-refractivity contribution >= 4 is 27.4 Å². The van der Waals surface area contributed by atoms with Crippen LogP contribution in [0.3, 0.4) is 0 Å². The Labute approximate surface area is 133 Å². The van der Waals surface area contributed by atoms with Crippen LogP contribution in [0, 0.1) is 0 Å². The summed E-state index contributed by atoms with van der Waals surface area (Å²) in [4.78, 5) is 16.0. The Morgan fingerprint density at radius 2 is 1.96 bits per heavy atom. The summed E-state index contributed by atoms with van der Waals surface area (Å²) in [6, 6.07) is 9.24. The van der Waals surface area contributed by atoms with Gasteiger partial charge in [0.15, 0.2) is 11.6 Å². The van der Waals surface area contributed by atoms with Crippen molar-refractivity contribution in [3.05, 3.63) is 48.2 Å². The molecule has 0 radical (unpaired) electrons. The molecule has 1 amide bonds. The van der Waals surface area contributed by atoms with Crippen molar-refractivity contribution in [1.82, 2.24) is 4.98 Å². The van der Waals surface area contributed by atoms with E-state index in [-0.39, 0.29) is 17.3 Å². The molecule has 3 rings (SSSR count). The minimum Gasteiger partial charge on any atom is -0.504 e. The van der Waals surface area contributed by atoms with Crippen LogP contribution in [0.4, 0.5) is 11.5 Å². The van der Waals surface area contributed by atoms with E-state index in [1.165, 1.54) is 16.6 Å². The van der Waals surface area contributed by atoms with Crippen LogP contribution in [0.2, 0.25) is 0 Å². The largest absolute Gasteiger partial charge is 0.504 e. The molecule has 0 bridgehead atoms. The lowest BCUT2D eigenvalue weighted by Crippen LogP contribution is -2.25. The molecule has 7 nitrogen and oxygen atoms in total. The number of anilines is 2. The number of aromatic nitrogens is 1. The smallest absolute Gasteiger partial charge is 0.256 e. The molecule has 120 valence electrons. The van der Waals surface area contributed by atoms with E-state index in [4.69, 9.17) is 0 Å². The number of hydrogen-bond donors (Lipinski definition) is 2. The van der Waals surface area contributed by atoms with Gasteiger partial charge in [-0.05, 0) is 42.8 Å². The minimum absolute atomic E-state index is 0.0729. The molecule has 0 atom stereocenters. The Bertz CT molecular complexity index is 834. The van der Waals surface area contributed by atoms with E-state index in [0.29, 0.717) is 24.2 Å². The molecule has 1 aromatic carbocycles. The lowest BCUT2D eigenvalue weighted by molar-refractivity contribution is 0.102. The van der Waals surface area contributed by atoms with Crippen molar-refractivity contribution in [1.29, 1.82) is 0 Å². The number of amides is 1. The average Bonchev–Trinajstić information content (AvgIpc) is 2.89. The highest BCUT2D eigenvalue weighted by Gasteiger charge is 2.28. The molecule has 2 N–H and O–H groups in total. The molecule has 0 spiro atoms. The maximum absolute atomic E-state index is 12.1. The minimum atomic E-state index is -3.24. The maximum Gasteiger partial charge on any atom is 0.256 e. The van der Waals surface area contributed by atoms with Crippen LogP contribution in [0.25, 0.3) is 0 Å². The van der Waals surface area contributed by atoms with Gasteiger partial charge in [-0.15, -0.1) is 0 Å². The van der Waals surface area contributed by atoms with Gasteiger partial charge in [-0.3, -0.25) is 9.10 Å². The number of benzene rings is 1. The van der Waals surface area contributed by atoms with E-state index in [9.17, 15) is 18.3 Å². The molecule has 0 saturated carbocycles. The topological polar surface area (TPSA) is 99.6 Å². The molecule has 8 heteroatoms. The molecule has 0 unspecified atom stereocenters. The number of hydrogen-bond acceptors (Lipinski definition) is 5. The summed E-state index contributed by atoms with van der Waals surface area (Å²) in [6.07, 6.45) is 2.06. The SMILES string of the molecule is O=C(Nc1ncccc1O)c1ccc(N2CCCS2(=O)=O)cc1. The van der Waals surface area contributed by atoms with E-state index in [1.54, 1.807) is 30.3 Å². The molecular formula is C15H15N3O4S. The van der Waals surface area contributed by atoms with Crippen molar-refractivity contribution in [2.75, 3.05) is 21.9 Å². The summed E-state index contributed by atoms with van der Waals surface area (Å²) >= 11 is 0. The van der Waals surface area contributed by atoms with E-state index < -0.39 is 15.9 Å². The fourth-order valence-electron chi connectivity index (χ4n) is 2.38. The predicted octanol–water partition coefficient (Wildman–Crippen LogP) is 1.58. The summed E-state index contributed by atoms with van der Waals surface area (Å²) in [5.74, 6) is -0.340. The Morgan fingerprint density at radius 1 is 1.22 bits per heavy atom. The third-order valence-corrected chi connectivity index (χ3v) is 5.40. The third kappa shape index (κ3) is 3.11. The Balaban J connectivity index is 1.77. The molecular weight excluding hydrogens is 318 g/mol. The Kier molecular flexibility index (Phi) is 3.91. The second-order valence-corrected chi connectivity index (χ2v) is 7.13. The zero-order valence-electron chi connectivity index (χ0n) is 12.1. The van der Waals surface area contributed by atoms with Crippen LogP contribution in [-0.4, -0.2) is 36.7 Å². The molecule has 1 aliphatic rings. The standard InChI is InChI=1S/C15H15N3O4S/c19-13-3-1-8-16-14(13)17-15(20)11-4-6-12(7-5-11)18-9-2-10-23(18,21)22/h1,3-8,19H,2,9-10H2,(H,16,17,20). The van der Waals surface area contributed by atoms with Gasteiger partial charge in [-0.1, -0.05) is 0 Å². The quantitative estimate of drug-likeness (QED) is 0.888. The van der Waals surface area contributed by atoms with Crippen LogP contribution in [0.5, 0.6) is 5.75 Å². The highest BCUT2D eigenvalue weighted by Crippen LogP contribution is 2.25. The molecule has 1 aliphatic heterocycles. The molecule has 23 heavy (non-hydrogen) atoms. The maximum atomic E-state index is 12.1. The summed E-state index contributed by atoms with van der Waals surface area (Å²) in [6.45, 7) is 0.454. The van der Waals surface area contributed by atoms with Gasteiger partial charge in [0.2, 0.25) is 10.0 Å². The summed E-state index contributed by atoms with van der Waals surface area (Å²) in [5, 5.41) is 12.1. The van der Waals surface area contributed by atoms with Crippen molar-refractivity contribution in [2.24, 2.45) is 0 Å². The summed E-state index contributed by atoms with van der Waals surface area (Å²) < 4.78 is 25.1. The van der Waals surface area contributed by atoms with E-state index in [2.05, 4.69) is 10.3 Å². The predicted molar refractivity (Wildman–Crippen MR) is 86.0 cm³/mol. The first-order chi connectivity index (χ1) is 11.0. The Hall–Kier alpha value is -2.61. The van der Waals surface area contributed by atoms with E-state index in [0.717, 1.165) is 0 Å². The van der Waals surface area contributed by atoms with Crippen molar-refractivity contribution in [3.8, 4) is 5.75 Å². The zero-order chi connectivity index (χ0) is 16.4. The van der Waals surface area contributed by atoms with Crippen LogP contribution in [0.15, 0.2) is 42.6 Å². The van der Waals surface area contributed by atoms with Gasteiger partial charge in [-0.25, -0.2) is 13.4 Å². The second-order valence-electron chi connectivity index (χ2n) is 5.11. The number of nitrogens with one attached hydrogen (secondary N) is 1. The highest BCUT2D eigenvalue weighted by atomic mass is 32.2. The van der Waals surface area contributed by atoms with Gasteiger partial charge < -0.3 is 10.4 Å². The molecule has 1 saturated heterocycles. The van der Waals surface area contributed by atoms with E-state index >= 15 is 0 Å². The fourth-order valence-corrected chi connectivity index (χ4v) is 3.95. The van der Waals surface area contributed by atoms with Crippen LogP contribution in [-0.2, 0) is 10.0 Å². The number of pyridine rings is 1. The van der Waals surface area contributed by atoms with Crippen LogP contribution >= 0.6 is 0 Å². The summed E-state index contributed by atoms with van der Waals surface area (Å²) in [7, 11) is -3.24. The molecule has 1 aromatic heterocycles. The van der Waals surface area contributed by atoms with Gasteiger partial charge in [0.25, 0.3) is 5.91 Å². The average molecular weight is 333 g/mol. The zero-order valence-corrected chi connectivity index (χ0v) is 13.0. The summed E-state index contributed by atoms with van der Waals surface area (Å²) in [5.41, 5.74) is 0.884. The highest BCUT2D eigenvalue weighted by molar-refractivity contribution is 7.93. The first-order valence-electron chi connectivity index (χ1n) is 7.03. The first-order valence-corrected chi connectivity index (χ1v) is 8.64. The molecule has 2 heterocycles. The number of aromatic hydroxyl groups is 1. The molecule has 1 fully saturated rings. The Morgan fingerprint density at radius 3 is 2.57 bits per heavy atom.